The van der Waals surface area contributed by atoms with Crippen molar-refractivity contribution in [1.82, 2.24) is 10.2 Å². The number of amides is 2. The number of nitrogens with two attached hydrogens (primary N) is 1. The largest absolute Gasteiger partial charge is 0.351 e. The number of carbonyl (C=O) groups is 1. The van der Waals surface area contributed by atoms with Crippen molar-refractivity contribution in [3.8, 4) is 0 Å². The molecule has 1 rings (SSSR count). The van der Waals surface area contributed by atoms with E-state index < -0.39 is 0 Å². The van der Waals surface area contributed by atoms with Crippen molar-refractivity contribution in [2.75, 3.05) is 19.6 Å². The van der Waals surface area contributed by atoms with E-state index in [2.05, 4.69) is 26.1 Å². The van der Waals surface area contributed by atoms with Crippen molar-refractivity contribution < 1.29 is 4.79 Å². The highest BCUT2D eigenvalue weighted by Crippen LogP contribution is 2.21. The van der Waals surface area contributed by atoms with Crippen LogP contribution in [0.5, 0.6) is 0 Å². The Morgan fingerprint density at radius 3 is 2.72 bits per heavy atom. The first-order valence-corrected chi connectivity index (χ1v) is 7.30. The normalized spacial score (nSPS) is 24.6. The number of hydrogen-bond acceptors (Lipinski definition) is 2. The topological polar surface area (TPSA) is 58.4 Å². The molecule has 1 aliphatic heterocycles. The highest BCUT2D eigenvalue weighted by Gasteiger charge is 2.28. The van der Waals surface area contributed by atoms with Gasteiger partial charge in [0.25, 0.3) is 0 Å². The van der Waals surface area contributed by atoms with Crippen LogP contribution in [0.15, 0.2) is 0 Å². The molecule has 2 atom stereocenters. The van der Waals surface area contributed by atoms with Gasteiger partial charge in [-0.15, -0.1) is 0 Å². The molecule has 1 fully saturated rings. The van der Waals surface area contributed by atoms with Gasteiger partial charge in [0.05, 0.1) is 0 Å². The molecular formula is C14H29N3O. The van der Waals surface area contributed by atoms with E-state index in [0.717, 1.165) is 25.6 Å². The molecule has 106 valence electrons. The number of hydrogen-bond donors (Lipinski definition) is 2. The zero-order valence-electron chi connectivity index (χ0n) is 12.1. The van der Waals surface area contributed by atoms with Gasteiger partial charge in [0, 0.05) is 19.1 Å². The predicted molar refractivity (Wildman–Crippen MR) is 75.4 cm³/mol. The van der Waals surface area contributed by atoms with Crippen molar-refractivity contribution in [2.45, 2.75) is 52.5 Å². The van der Waals surface area contributed by atoms with E-state index in [1.807, 2.05) is 0 Å². The van der Waals surface area contributed by atoms with Gasteiger partial charge in [-0.3, -0.25) is 0 Å². The summed E-state index contributed by atoms with van der Waals surface area (Å²) >= 11 is 0. The van der Waals surface area contributed by atoms with E-state index in [1.165, 1.54) is 25.7 Å². The fraction of sp³-hybridized carbons (Fsp3) is 0.929. The van der Waals surface area contributed by atoms with E-state index in [9.17, 15) is 4.79 Å². The average molecular weight is 255 g/mol. The van der Waals surface area contributed by atoms with Crippen LogP contribution in [0.4, 0.5) is 4.79 Å². The Kier molecular flexibility index (Phi) is 6.47. The molecule has 0 bridgehead atoms. The van der Waals surface area contributed by atoms with Gasteiger partial charge in [-0.05, 0) is 37.6 Å². The molecule has 0 aromatic heterocycles. The lowest BCUT2D eigenvalue weighted by molar-refractivity contribution is 0.148. The van der Waals surface area contributed by atoms with Crippen molar-refractivity contribution in [2.24, 2.45) is 17.6 Å². The Bertz CT molecular complexity index is 255. The van der Waals surface area contributed by atoms with E-state index >= 15 is 0 Å². The van der Waals surface area contributed by atoms with Crippen LogP contribution in [0, 0.1) is 11.8 Å². The van der Waals surface area contributed by atoms with Crippen molar-refractivity contribution in [3.63, 3.8) is 0 Å². The van der Waals surface area contributed by atoms with Crippen LogP contribution in [0.2, 0.25) is 0 Å². The van der Waals surface area contributed by atoms with Crippen LogP contribution in [0.1, 0.15) is 46.5 Å². The lowest BCUT2D eigenvalue weighted by Gasteiger charge is -2.37. The van der Waals surface area contributed by atoms with Crippen LogP contribution < -0.4 is 11.1 Å². The minimum absolute atomic E-state index is 0.272. The Labute approximate surface area is 111 Å². The Morgan fingerprint density at radius 2 is 2.17 bits per heavy atom. The molecule has 2 unspecified atom stereocenters. The van der Waals surface area contributed by atoms with Gasteiger partial charge >= 0.3 is 6.03 Å². The molecule has 18 heavy (non-hydrogen) atoms. The summed E-state index contributed by atoms with van der Waals surface area (Å²) < 4.78 is 0. The molecule has 0 saturated carbocycles. The Hall–Kier alpha value is -0.770. The van der Waals surface area contributed by atoms with Gasteiger partial charge in [-0.1, -0.05) is 27.2 Å². The number of likely N-dealkylation sites (tertiary alicyclic amines) is 1. The van der Waals surface area contributed by atoms with Crippen molar-refractivity contribution in [1.29, 1.82) is 0 Å². The molecule has 2 amide bonds. The third-order valence-electron chi connectivity index (χ3n) is 3.70. The number of piperidine rings is 1. The van der Waals surface area contributed by atoms with E-state index in [1.54, 1.807) is 4.90 Å². The number of primary amides is 1. The van der Waals surface area contributed by atoms with Gasteiger partial charge < -0.3 is 16.0 Å². The minimum atomic E-state index is -0.272. The molecule has 0 aromatic rings. The van der Waals surface area contributed by atoms with Crippen molar-refractivity contribution in [3.05, 3.63) is 0 Å². The number of nitrogens with zero attached hydrogens (tertiary/aromatic N) is 1. The maximum Gasteiger partial charge on any atom is 0.314 e. The van der Waals surface area contributed by atoms with Gasteiger partial charge in [-0.25, -0.2) is 4.79 Å². The molecule has 1 heterocycles. The molecular weight excluding hydrogens is 226 g/mol. The summed E-state index contributed by atoms with van der Waals surface area (Å²) in [5.41, 5.74) is 5.42. The first-order valence-electron chi connectivity index (χ1n) is 7.30. The SMILES string of the molecule is CCCC1CC(NCCC(C)C)CN(C(N)=O)C1. The summed E-state index contributed by atoms with van der Waals surface area (Å²) in [4.78, 5) is 13.2. The monoisotopic (exact) mass is 255 g/mol. The molecule has 3 N–H and O–H groups in total. The number of urea groups is 1. The van der Waals surface area contributed by atoms with Gasteiger partial charge in [0.15, 0.2) is 0 Å². The molecule has 4 nitrogen and oxygen atoms in total. The lowest BCUT2D eigenvalue weighted by atomic mass is 9.90. The number of carbonyl (C=O) groups excluding carboxylic acids is 1. The summed E-state index contributed by atoms with van der Waals surface area (Å²) in [5, 5.41) is 3.58. The maximum atomic E-state index is 11.4. The third kappa shape index (κ3) is 5.25. The molecule has 0 aliphatic carbocycles. The molecule has 0 radical (unpaired) electrons. The maximum absolute atomic E-state index is 11.4. The van der Waals surface area contributed by atoms with Crippen LogP contribution in [0.25, 0.3) is 0 Å². The molecule has 0 aromatic carbocycles. The second-order valence-corrected chi connectivity index (χ2v) is 5.97. The quantitative estimate of drug-likeness (QED) is 0.764. The Morgan fingerprint density at radius 1 is 1.44 bits per heavy atom. The summed E-state index contributed by atoms with van der Waals surface area (Å²) in [7, 11) is 0. The molecule has 4 heteroatoms. The first kappa shape index (κ1) is 15.3. The smallest absolute Gasteiger partial charge is 0.314 e. The minimum Gasteiger partial charge on any atom is -0.351 e. The first-order chi connectivity index (χ1) is 8.52. The van der Waals surface area contributed by atoms with Crippen LogP contribution in [-0.4, -0.2) is 36.6 Å². The fourth-order valence-electron chi connectivity index (χ4n) is 2.73. The van der Waals surface area contributed by atoms with E-state index in [-0.39, 0.29) is 6.03 Å². The van der Waals surface area contributed by atoms with E-state index in [0.29, 0.717) is 12.0 Å². The second kappa shape index (κ2) is 7.62. The fourth-order valence-corrected chi connectivity index (χ4v) is 2.73. The summed E-state index contributed by atoms with van der Waals surface area (Å²) in [6.45, 7) is 9.31. The third-order valence-corrected chi connectivity index (χ3v) is 3.70. The van der Waals surface area contributed by atoms with Gasteiger partial charge in [-0.2, -0.15) is 0 Å². The summed E-state index contributed by atoms with van der Waals surface area (Å²) in [6.07, 6.45) is 4.73. The van der Waals surface area contributed by atoms with Crippen molar-refractivity contribution >= 4 is 6.03 Å². The number of rotatable bonds is 6. The number of nitrogens with one attached hydrogen (secondary N) is 1. The van der Waals surface area contributed by atoms with E-state index in [4.69, 9.17) is 5.73 Å². The molecule has 1 aliphatic rings. The molecule has 1 saturated heterocycles. The molecule has 0 spiro atoms. The van der Waals surface area contributed by atoms with Gasteiger partial charge in [0.2, 0.25) is 0 Å². The van der Waals surface area contributed by atoms with Gasteiger partial charge in [0.1, 0.15) is 0 Å². The van der Waals surface area contributed by atoms with Crippen LogP contribution in [-0.2, 0) is 0 Å². The zero-order chi connectivity index (χ0) is 13.5. The summed E-state index contributed by atoms with van der Waals surface area (Å²) in [6, 6.07) is 0.146. The average Bonchev–Trinajstić information content (AvgIpc) is 2.28. The Balaban J connectivity index is 2.42. The predicted octanol–water partition coefficient (Wildman–Crippen LogP) is 2.19. The van der Waals surface area contributed by atoms with Crippen LogP contribution in [0.3, 0.4) is 0 Å². The lowest BCUT2D eigenvalue weighted by Crippen LogP contribution is -2.53. The zero-order valence-corrected chi connectivity index (χ0v) is 12.1. The summed E-state index contributed by atoms with van der Waals surface area (Å²) in [5.74, 6) is 1.33. The standard InChI is InChI=1S/C14H29N3O/c1-4-5-12-8-13(16-7-6-11(2)3)10-17(9-12)14(15)18/h11-13,16H,4-10H2,1-3H3,(H2,15,18). The highest BCUT2D eigenvalue weighted by atomic mass is 16.2. The highest BCUT2D eigenvalue weighted by molar-refractivity contribution is 5.72. The van der Waals surface area contributed by atoms with Crippen LogP contribution >= 0.6 is 0 Å². The second-order valence-electron chi connectivity index (χ2n) is 5.97.